The van der Waals surface area contributed by atoms with Gasteiger partial charge in [0.25, 0.3) is 0 Å². The van der Waals surface area contributed by atoms with Crippen LogP contribution in [0.15, 0.2) is 47.0 Å². The Morgan fingerprint density at radius 2 is 2.06 bits per heavy atom. The SMILES string of the molecule is CC(C)(C)C1=CCC(Br)=CC(n2ccnc2)=C1. The first-order valence-electron chi connectivity index (χ1n) is 5.73. The van der Waals surface area contributed by atoms with E-state index in [1.165, 1.54) is 10.1 Å². The van der Waals surface area contributed by atoms with Crippen molar-refractivity contribution in [2.24, 2.45) is 5.41 Å². The van der Waals surface area contributed by atoms with E-state index in [1.54, 1.807) is 6.20 Å². The summed E-state index contributed by atoms with van der Waals surface area (Å²) in [5.41, 5.74) is 2.66. The first kappa shape index (κ1) is 12.4. The quantitative estimate of drug-likeness (QED) is 0.751. The van der Waals surface area contributed by atoms with Crippen LogP contribution in [0.25, 0.3) is 5.70 Å². The molecule has 0 amide bonds. The van der Waals surface area contributed by atoms with Crippen LogP contribution in [0.3, 0.4) is 0 Å². The highest BCUT2D eigenvalue weighted by molar-refractivity contribution is 9.11. The van der Waals surface area contributed by atoms with Crippen LogP contribution in [0.2, 0.25) is 0 Å². The molecule has 0 bridgehead atoms. The molecule has 1 aliphatic rings. The molecule has 0 unspecified atom stereocenters. The van der Waals surface area contributed by atoms with Gasteiger partial charge in [0, 0.05) is 22.6 Å². The zero-order chi connectivity index (χ0) is 12.5. The molecule has 0 N–H and O–H groups in total. The molecule has 3 heteroatoms. The number of aromatic nitrogens is 2. The Hall–Kier alpha value is -1.09. The van der Waals surface area contributed by atoms with E-state index in [0.29, 0.717) is 0 Å². The number of hydrogen-bond acceptors (Lipinski definition) is 1. The van der Waals surface area contributed by atoms with Gasteiger partial charge in [-0.3, -0.25) is 0 Å². The van der Waals surface area contributed by atoms with Crippen molar-refractivity contribution in [2.75, 3.05) is 0 Å². The van der Waals surface area contributed by atoms with Gasteiger partial charge in [0.1, 0.15) is 0 Å². The second kappa shape index (κ2) is 4.65. The van der Waals surface area contributed by atoms with Crippen LogP contribution in [0.1, 0.15) is 27.2 Å². The molecule has 2 rings (SSSR count). The van der Waals surface area contributed by atoms with Crippen LogP contribution in [0, 0.1) is 5.41 Å². The lowest BCUT2D eigenvalue weighted by atomic mass is 9.85. The molecule has 1 aliphatic carbocycles. The maximum Gasteiger partial charge on any atom is 0.0991 e. The molecule has 0 spiro atoms. The van der Waals surface area contributed by atoms with Crippen molar-refractivity contribution in [3.05, 3.63) is 47.0 Å². The fraction of sp³-hybridized carbons (Fsp3) is 0.357. The van der Waals surface area contributed by atoms with Crippen molar-refractivity contribution in [1.29, 1.82) is 0 Å². The van der Waals surface area contributed by atoms with E-state index in [1.807, 2.05) is 17.1 Å². The van der Waals surface area contributed by atoms with Crippen LogP contribution in [0.4, 0.5) is 0 Å². The lowest BCUT2D eigenvalue weighted by Crippen LogP contribution is -2.08. The molecular formula is C14H17BrN2. The summed E-state index contributed by atoms with van der Waals surface area (Å²) in [5, 5.41) is 0. The Morgan fingerprint density at radius 1 is 1.29 bits per heavy atom. The maximum absolute atomic E-state index is 4.10. The summed E-state index contributed by atoms with van der Waals surface area (Å²) in [4.78, 5) is 4.10. The smallest absolute Gasteiger partial charge is 0.0991 e. The Balaban J connectivity index is 2.45. The molecule has 0 aromatic carbocycles. The van der Waals surface area contributed by atoms with E-state index in [9.17, 15) is 0 Å². The van der Waals surface area contributed by atoms with E-state index in [4.69, 9.17) is 0 Å². The third-order valence-electron chi connectivity index (χ3n) is 2.79. The van der Waals surface area contributed by atoms with Gasteiger partial charge in [-0.15, -0.1) is 0 Å². The van der Waals surface area contributed by atoms with Crippen molar-refractivity contribution in [2.45, 2.75) is 27.2 Å². The Bertz CT molecular complexity index is 485. The first-order valence-corrected chi connectivity index (χ1v) is 6.53. The van der Waals surface area contributed by atoms with Gasteiger partial charge in [0.2, 0.25) is 0 Å². The lowest BCUT2D eigenvalue weighted by molar-refractivity contribution is 0.515. The molecule has 0 saturated heterocycles. The fourth-order valence-corrected chi connectivity index (χ4v) is 2.17. The van der Waals surface area contributed by atoms with E-state index < -0.39 is 0 Å². The Kier molecular flexibility index (Phi) is 3.38. The second-order valence-electron chi connectivity index (χ2n) is 5.24. The van der Waals surface area contributed by atoms with Gasteiger partial charge in [-0.2, -0.15) is 0 Å². The van der Waals surface area contributed by atoms with Gasteiger partial charge in [-0.1, -0.05) is 42.8 Å². The monoisotopic (exact) mass is 292 g/mol. The van der Waals surface area contributed by atoms with Crippen molar-refractivity contribution in [1.82, 2.24) is 9.55 Å². The number of imidazole rings is 1. The predicted molar refractivity (Wildman–Crippen MR) is 75.7 cm³/mol. The fourth-order valence-electron chi connectivity index (χ4n) is 1.77. The third kappa shape index (κ3) is 2.97. The maximum atomic E-state index is 4.10. The van der Waals surface area contributed by atoms with E-state index >= 15 is 0 Å². The summed E-state index contributed by atoms with van der Waals surface area (Å²) < 4.78 is 3.23. The predicted octanol–water partition coefficient (Wildman–Crippen LogP) is 4.38. The molecule has 90 valence electrons. The largest absolute Gasteiger partial charge is 0.306 e. The third-order valence-corrected chi connectivity index (χ3v) is 3.35. The molecule has 17 heavy (non-hydrogen) atoms. The molecule has 0 aliphatic heterocycles. The first-order chi connectivity index (χ1) is 7.97. The van der Waals surface area contributed by atoms with E-state index in [0.717, 1.165) is 12.1 Å². The van der Waals surface area contributed by atoms with Crippen molar-refractivity contribution in [3.63, 3.8) is 0 Å². The molecule has 1 aromatic heterocycles. The lowest BCUT2D eigenvalue weighted by Gasteiger charge is -2.20. The van der Waals surface area contributed by atoms with E-state index in [-0.39, 0.29) is 5.41 Å². The Labute approximate surface area is 111 Å². The highest BCUT2D eigenvalue weighted by atomic mass is 79.9. The molecule has 1 aromatic rings. The molecule has 1 heterocycles. The van der Waals surface area contributed by atoms with Crippen molar-refractivity contribution < 1.29 is 0 Å². The van der Waals surface area contributed by atoms with Gasteiger partial charge >= 0.3 is 0 Å². The topological polar surface area (TPSA) is 17.8 Å². The summed E-state index contributed by atoms with van der Waals surface area (Å²) in [5.74, 6) is 0. The molecule has 0 radical (unpaired) electrons. The molecule has 2 nitrogen and oxygen atoms in total. The Morgan fingerprint density at radius 3 is 2.65 bits per heavy atom. The minimum absolute atomic E-state index is 0.164. The second-order valence-corrected chi connectivity index (χ2v) is 6.26. The summed E-state index contributed by atoms with van der Waals surface area (Å²) >= 11 is 3.60. The van der Waals surface area contributed by atoms with Crippen LogP contribution < -0.4 is 0 Å². The standard InChI is InChI=1S/C14H17BrN2/c1-14(2,3)11-4-5-12(15)9-13(8-11)17-7-6-16-10-17/h4,6-10H,5H2,1-3H3. The average molecular weight is 293 g/mol. The highest BCUT2D eigenvalue weighted by Gasteiger charge is 2.17. The zero-order valence-electron chi connectivity index (χ0n) is 10.4. The summed E-state index contributed by atoms with van der Waals surface area (Å²) in [6, 6.07) is 0. The van der Waals surface area contributed by atoms with Gasteiger partial charge in [0.05, 0.1) is 6.33 Å². The van der Waals surface area contributed by atoms with Crippen LogP contribution in [-0.2, 0) is 0 Å². The normalized spacial score (nSPS) is 17.1. The number of hydrogen-bond donors (Lipinski definition) is 0. The minimum atomic E-state index is 0.164. The van der Waals surface area contributed by atoms with Crippen LogP contribution in [0.5, 0.6) is 0 Å². The van der Waals surface area contributed by atoms with Gasteiger partial charge in [0.15, 0.2) is 0 Å². The number of halogens is 1. The summed E-state index contributed by atoms with van der Waals surface area (Å²) in [6.45, 7) is 6.71. The van der Waals surface area contributed by atoms with Gasteiger partial charge < -0.3 is 4.57 Å². The molecule has 0 saturated carbocycles. The minimum Gasteiger partial charge on any atom is -0.306 e. The van der Waals surface area contributed by atoms with Crippen LogP contribution >= 0.6 is 15.9 Å². The summed E-state index contributed by atoms with van der Waals surface area (Å²) in [7, 11) is 0. The molecule has 0 atom stereocenters. The van der Waals surface area contributed by atoms with Gasteiger partial charge in [-0.25, -0.2) is 4.98 Å². The highest BCUT2D eigenvalue weighted by Crippen LogP contribution is 2.32. The zero-order valence-corrected chi connectivity index (χ0v) is 12.0. The number of nitrogens with zero attached hydrogens (tertiary/aromatic N) is 2. The van der Waals surface area contributed by atoms with Gasteiger partial charge in [-0.05, 0) is 29.6 Å². The number of allylic oxidation sites excluding steroid dienone is 6. The number of rotatable bonds is 1. The molecular weight excluding hydrogens is 276 g/mol. The van der Waals surface area contributed by atoms with Crippen LogP contribution in [-0.4, -0.2) is 9.55 Å². The molecule has 0 fully saturated rings. The van der Waals surface area contributed by atoms with E-state index in [2.05, 4.69) is 59.9 Å². The van der Waals surface area contributed by atoms with Crippen molar-refractivity contribution in [3.8, 4) is 0 Å². The van der Waals surface area contributed by atoms with Crippen molar-refractivity contribution >= 4 is 21.6 Å². The average Bonchev–Trinajstić information content (AvgIpc) is 2.67. The summed E-state index contributed by atoms with van der Waals surface area (Å²) in [6.07, 6.45) is 13.2.